The molecule has 0 radical (unpaired) electrons. The van der Waals surface area contributed by atoms with Crippen LogP contribution in [0, 0.1) is 6.92 Å². The van der Waals surface area contributed by atoms with E-state index in [4.69, 9.17) is 13.9 Å². The second-order valence-electron chi connectivity index (χ2n) is 8.23. The van der Waals surface area contributed by atoms with Crippen molar-refractivity contribution in [2.75, 3.05) is 0 Å². The van der Waals surface area contributed by atoms with Gasteiger partial charge in [0.1, 0.15) is 39.7 Å². The molecule has 1 amide bonds. The zero-order chi connectivity index (χ0) is 22.9. The molecule has 164 valence electrons. The highest BCUT2D eigenvalue weighted by Crippen LogP contribution is 2.31. The predicted octanol–water partition coefficient (Wildman–Crippen LogP) is 4.17. The summed E-state index contributed by atoms with van der Waals surface area (Å²) in [5, 5.41) is 13.2. The molecule has 2 aromatic carbocycles. The van der Waals surface area contributed by atoms with Crippen molar-refractivity contribution < 1.29 is 28.6 Å². The van der Waals surface area contributed by atoms with Crippen LogP contribution in [0.2, 0.25) is 0 Å². The fourth-order valence-electron chi connectivity index (χ4n) is 3.12. The number of hydrogen-bond donors (Lipinski definition) is 2. The second-order valence-corrected chi connectivity index (χ2v) is 8.23. The SMILES string of the molecule is CCC(NC(=O)OC(C)(C)C)C(=O)Oc1cc(O)c2c(=O)c3cccc(C)c3oc2c1. The molecule has 8 heteroatoms. The number of aromatic hydroxyl groups is 1. The van der Waals surface area contributed by atoms with E-state index in [1.54, 1.807) is 52.8 Å². The molecule has 0 bridgehead atoms. The molecule has 0 aliphatic carbocycles. The van der Waals surface area contributed by atoms with Gasteiger partial charge in [0.15, 0.2) is 0 Å². The van der Waals surface area contributed by atoms with Crippen LogP contribution in [0.3, 0.4) is 0 Å². The molecule has 8 nitrogen and oxygen atoms in total. The maximum Gasteiger partial charge on any atom is 0.408 e. The number of carbonyl (C=O) groups excluding carboxylic acids is 2. The quantitative estimate of drug-likeness (QED) is 0.365. The topological polar surface area (TPSA) is 115 Å². The minimum atomic E-state index is -0.960. The molecule has 3 aromatic rings. The van der Waals surface area contributed by atoms with Crippen molar-refractivity contribution in [3.63, 3.8) is 0 Å². The molecule has 1 atom stereocenters. The van der Waals surface area contributed by atoms with Crippen molar-refractivity contribution in [2.24, 2.45) is 0 Å². The van der Waals surface area contributed by atoms with Gasteiger partial charge in [-0.05, 0) is 45.7 Å². The van der Waals surface area contributed by atoms with Gasteiger partial charge in [0.05, 0.1) is 5.39 Å². The van der Waals surface area contributed by atoms with Crippen LogP contribution in [0.25, 0.3) is 21.9 Å². The number of esters is 1. The third-order valence-corrected chi connectivity index (χ3v) is 4.55. The highest BCUT2D eigenvalue weighted by Gasteiger charge is 2.25. The number of benzene rings is 2. The zero-order valence-corrected chi connectivity index (χ0v) is 18.1. The van der Waals surface area contributed by atoms with E-state index in [1.165, 1.54) is 12.1 Å². The molecule has 0 saturated heterocycles. The number of carbonyl (C=O) groups is 2. The average molecular weight is 427 g/mol. The van der Waals surface area contributed by atoms with Crippen LogP contribution in [-0.4, -0.2) is 28.8 Å². The lowest BCUT2D eigenvalue weighted by Gasteiger charge is -2.22. The summed E-state index contributed by atoms with van der Waals surface area (Å²) in [5.41, 5.74) is 0.137. The number of fused-ring (bicyclic) bond motifs is 2. The number of phenolic OH excluding ortho intramolecular Hbond substituents is 1. The van der Waals surface area contributed by atoms with E-state index in [-0.39, 0.29) is 34.3 Å². The van der Waals surface area contributed by atoms with Crippen molar-refractivity contribution in [1.82, 2.24) is 5.32 Å². The fourth-order valence-corrected chi connectivity index (χ4v) is 3.12. The maximum atomic E-state index is 12.8. The molecular formula is C23H25NO7. The van der Waals surface area contributed by atoms with Crippen LogP contribution in [0.1, 0.15) is 39.7 Å². The number of aryl methyl sites for hydroxylation is 1. The number of amides is 1. The summed E-state index contributed by atoms with van der Waals surface area (Å²) >= 11 is 0. The van der Waals surface area contributed by atoms with Crippen LogP contribution in [0.4, 0.5) is 4.79 Å². The lowest BCUT2D eigenvalue weighted by molar-refractivity contribution is -0.136. The Morgan fingerprint density at radius 3 is 2.58 bits per heavy atom. The fraction of sp³-hybridized carbons (Fsp3) is 0.348. The molecule has 2 N–H and O–H groups in total. The molecule has 0 aliphatic rings. The average Bonchev–Trinajstić information content (AvgIpc) is 2.65. The largest absolute Gasteiger partial charge is 0.507 e. The summed E-state index contributed by atoms with van der Waals surface area (Å²) in [4.78, 5) is 37.3. The van der Waals surface area contributed by atoms with Crippen LogP contribution in [0.5, 0.6) is 11.5 Å². The van der Waals surface area contributed by atoms with Gasteiger partial charge in [0.2, 0.25) is 5.43 Å². The van der Waals surface area contributed by atoms with Gasteiger partial charge in [-0.15, -0.1) is 0 Å². The van der Waals surface area contributed by atoms with E-state index < -0.39 is 23.7 Å². The first-order valence-electron chi connectivity index (χ1n) is 9.90. The van der Waals surface area contributed by atoms with Crippen molar-refractivity contribution in [1.29, 1.82) is 0 Å². The van der Waals surface area contributed by atoms with Crippen LogP contribution >= 0.6 is 0 Å². The highest BCUT2D eigenvalue weighted by atomic mass is 16.6. The third kappa shape index (κ3) is 4.79. The van der Waals surface area contributed by atoms with Gasteiger partial charge < -0.3 is 24.3 Å². The minimum absolute atomic E-state index is 0.00294. The zero-order valence-electron chi connectivity index (χ0n) is 18.1. The first-order valence-corrected chi connectivity index (χ1v) is 9.90. The molecule has 1 heterocycles. The lowest BCUT2D eigenvalue weighted by atomic mass is 10.1. The van der Waals surface area contributed by atoms with E-state index >= 15 is 0 Å². The first-order chi connectivity index (χ1) is 14.5. The molecule has 0 spiro atoms. The van der Waals surface area contributed by atoms with E-state index in [9.17, 15) is 19.5 Å². The maximum absolute atomic E-state index is 12.8. The number of alkyl carbamates (subject to hydrolysis) is 1. The summed E-state index contributed by atoms with van der Waals surface area (Å²) in [6.07, 6.45) is -0.484. The number of para-hydroxylation sites is 1. The van der Waals surface area contributed by atoms with Crippen LogP contribution in [0.15, 0.2) is 39.5 Å². The van der Waals surface area contributed by atoms with Gasteiger partial charge in [0.25, 0.3) is 0 Å². The number of nitrogens with one attached hydrogen (secondary N) is 1. The molecule has 3 rings (SSSR count). The van der Waals surface area contributed by atoms with Gasteiger partial charge in [-0.25, -0.2) is 9.59 Å². The Kier molecular flexibility index (Phi) is 5.92. The Bertz CT molecular complexity index is 1220. The molecule has 0 aliphatic heterocycles. The monoisotopic (exact) mass is 427 g/mol. The van der Waals surface area contributed by atoms with Gasteiger partial charge in [0, 0.05) is 12.1 Å². The number of rotatable bonds is 4. The predicted molar refractivity (Wildman–Crippen MR) is 115 cm³/mol. The summed E-state index contributed by atoms with van der Waals surface area (Å²) in [6, 6.07) is 6.72. The molecule has 1 aromatic heterocycles. The normalized spacial score (nSPS) is 12.5. The Labute approximate surface area is 178 Å². The Morgan fingerprint density at radius 2 is 1.94 bits per heavy atom. The van der Waals surface area contributed by atoms with Gasteiger partial charge in [-0.3, -0.25) is 4.79 Å². The Morgan fingerprint density at radius 1 is 1.23 bits per heavy atom. The molecule has 1 unspecified atom stereocenters. The van der Waals surface area contributed by atoms with Crippen molar-refractivity contribution in [3.8, 4) is 11.5 Å². The highest BCUT2D eigenvalue weighted by molar-refractivity contribution is 5.95. The van der Waals surface area contributed by atoms with E-state index in [2.05, 4.69) is 5.32 Å². The number of hydrogen-bond acceptors (Lipinski definition) is 7. The van der Waals surface area contributed by atoms with E-state index in [0.717, 1.165) is 5.56 Å². The minimum Gasteiger partial charge on any atom is -0.507 e. The Hall–Kier alpha value is -3.55. The van der Waals surface area contributed by atoms with E-state index in [0.29, 0.717) is 11.0 Å². The molecular weight excluding hydrogens is 402 g/mol. The van der Waals surface area contributed by atoms with Gasteiger partial charge in [-0.1, -0.05) is 19.1 Å². The van der Waals surface area contributed by atoms with E-state index in [1.807, 2.05) is 0 Å². The lowest BCUT2D eigenvalue weighted by Crippen LogP contribution is -2.44. The van der Waals surface area contributed by atoms with Crippen LogP contribution < -0.4 is 15.5 Å². The summed E-state index contributed by atoms with van der Waals surface area (Å²) in [5.74, 6) is -1.13. The molecule has 0 fully saturated rings. The number of phenols is 1. The number of ether oxygens (including phenoxy) is 2. The second kappa shape index (κ2) is 8.29. The standard InChI is InChI=1S/C23H25NO7/c1-6-15(24-22(28)31-23(3,4)5)21(27)29-13-10-16(25)18-17(11-13)30-20-12(2)8-7-9-14(20)19(18)26/h7-11,15,25H,6H2,1-5H3,(H,24,28). The summed E-state index contributed by atoms with van der Waals surface area (Å²) in [7, 11) is 0. The molecule has 0 saturated carbocycles. The smallest absolute Gasteiger partial charge is 0.408 e. The van der Waals surface area contributed by atoms with Crippen LogP contribution in [-0.2, 0) is 9.53 Å². The third-order valence-electron chi connectivity index (χ3n) is 4.55. The first kappa shape index (κ1) is 22.1. The summed E-state index contributed by atoms with van der Waals surface area (Å²) < 4.78 is 16.3. The van der Waals surface area contributed by atoms with Crippen molar-refractivity contribution >= 4 is 34.0 Å². The van der Waals surface area contributed by atoms with Crippen molar-refractivity contribution in [2.45, 2.75) is 52.7 Å². The summed E-state index contributed by atoms with van der Waals surface area (Å²) in [6.45, 7) is 8.64. The Balaban J connectivity index is 1.91. The van der Waals surface area contributed by atoms with Gasteiger partial charge in [-0.2, -0.15) is 0 Å². The molecule has 31 heavy (non-hydrogen) atoms. The van der Waals surface area contributed by atoms with Gasteiger partial charge >= 0.3 is 12.1 Å². The van der Waals surface area contributed by atoms with Crippen molar-refractivity contribution in [3.05, 3.63) is 46.1 Å².